The molecule has 1 saturated heterocycles. The quantitative estimate of drug-likeness (QED) is 0.753. The van der Waals surface area contributed by atoms with Gasteiger partial charge in [0.2, 0.25) is 5.91 Å². The van der Waals surface area contributed by atoms with E-state index < -0.39 is 6.04 Å². The summed E-state index contributed by atoms with van der Waals surface area (Å²) in [6.07, 6.45) is 0.638. The van der Waals surface area contributed by atoms with Crippen LogP contribution in [-0.4, -0.2) is 45.0 Å². The topological polar surface area (TPSA) is 71.8 Å². The van der Waals surface area contributed by atoms with Gasteiger partial charge in [-0.15, -0.1) is 0 Å². The van der Waals surface area contributed by atoms with E-state index in [9.17, 15) is 9.59 Å². The maximum atomic E-state index is 11.7. The lowest BCUT2D eigenvalue weighted by Gasteiger charge is -2.33. The zero-order valence-electron chi connectivity index (χ0n) is 9.51. The lowest BCUT2D eigenvalue weighted by molar-refractivity contribution is -0.124. The van der Waals surface area contributed by atoms with Crippen LogP contribution in [-0.2, 0) is 9.53 Å². The number of furan rings is 1. The molecule has 0 aromatic carbocycles. The van der Waals surface area contributed by atoms with Crippen LogP contribution < -0.4 is 10.2 Å². The van der Waals surface area contributed by atoms with Gasteiger partial charge in [0.15, 0.2) is 17.9 Å². The molecule has 6 nitrogen and oxygen atoms in total. The minimum absolute atomic E-state index is 0.131. The fourth-order valence-electron chi connectivity index (χ4n) is 1.81. The SMILES string of the molecule is CNC(=O)C1COCCN1c1ccc(C=O)o1. The van der Waals surface area contributed by atoms with Gasteiger partial charge in [-0.3, -0.25) is 9.59 Å². The third-order valence-corrected chi connectivity index (χ3v) is 2.69. The van der Waals surface area contributed by atoms with Crippen LogP contribution in [0.4, 0.5) is 5.88 Å². The summed E-state index contributed by atoms with van der Waals surface area (Å²) in [5.74, 6) is 0.639. The molecule has 1 N–H and O–H groups in total. The van der Waals surface area contributed by atoms with Crippen molar-refractivity contribution in [2.45, 2.75) is 6.04 Å². The molecule has 2 heterocycles. The first kappa shape index (κ1) is 11.7. The highest BCUT2D eigenvalue weighted by Crippen LogP contribution is 2.22. The Balaban J connectivity index is 2.20. The summed E-state index contributed by atoms with van der Waals surface area (Å²) in [5.41, 5.74) is 0. The van der Waals surface area contributed by atoms with Gasteiger partial charge in [0.1, 0.15) is 6.04 Å². The number of ether oxygens (including phenoxy) is 1. The normalized spacial score (nSPS) is 20.1. The standard InChI is InChI=1S/C11H14N2O4/c1-12-11(15)9-7-16-5-4-13(9)10-3-2-8(6-14)17-10/h2-3,6,9H,4-5,7H2,1H3,(H,12,15). The van der Waals surface area contributed by atoms with E-state index in [0.717, 1.165) is 0 Å². The smallest absolute Gasteiger partial charge is 0.244 e. The molecule has 1 aliphatic heterocycles. The molecule has 17 heavy (non-hydrogen) atoms. The van der Waals surface area contributed by atoms with E-state index in [1.807, 2.05) is 0 Å². The largest absolute Gasteiger partial charge is 0.438 e. The Morgan fingerprint density at radius 2 is 2.41 bits per heavy atom. The molecule has 92 valence electrons. The molecule has 0 saturated carbocycles. The van der Waals surface area contributed by atoms with Crippen LogP contribution in [0.5, 0.6) is 0 Å². The van der Waals surface area contributed by atoms with Crippen LogP contribution in [0, 0.1) is 0 Å². The number of carbonyl (C=O) groups excluding carboxylic acids is 2. The second-order valence-electron chi connectivity index (χ2n) is 3.69. The van der Waals surface area contributed by atoms with Gasteiger partial charge in [0.25, 0.3) is 0 Å². The Bertz CT molecular complexity index is 415. The molecular weight excluding hydrogens is 224 g/mol. The highest BCUT2D eigenvalue weighted by molar-refractivity contribution is 5.85. The lowest BCUT2D eigenvalue weighted by atomic mass is 10.2. The third kappa shape index (κ3) is 2.31. The number of anilines is 1. The average molecular weight is 238 g/mol. The van der Waals surface area contributed by atoms with Crippen LogP contribution in [0.2, 0.25) is 0 Å². The Morgan fingerprint density at radius 3 is 3.06 bits per heavy atom. The predicted molar refractivity (Wildman–Crippen MR) is 60.1 cm³/mol. The number of rotatable bonds is 3. The van der Waals surface area contributed by atoms with Gasteiger partial charge in [0.05, 0.1) is 13.2 Å². The van der Waals surface area contributed by atoms with Crippen LogP contribution in [0.25, 0.3) is 0 Å². The van der Waals surface area contributed by atoms with Crippen molar-refractivity contribution >= 4 is 18.1 Å². The Kier molecular flexibility index (Phi) is 3.43. The molecule has 1 fully saturated rings. The van der Waals surface area contributed by atoms with Crippen molar-refractivity contribution in [1.82, 2.24) is 5.32 Å². The van der Waals surface area contributed by atoms with Crippen molar-refractivity contribution in [3.05, 3.63) is 17.9 Å². The highest BCUT2D eigenvalue weighted by Gasteiger charge is 2.30. The number of amides is 1. The van der Waals surface area contributed by atoms with Crippen molar-refractivity contribution in [3.8, 4) is 0 Å². The average Bonchev–Trinajstić information content (AvgIpc) is 2.86. The summed E-state index contributed by atoms with van der Waals surface area (Å²) in [4.78, 5) is 24.0. The van der Waals surface area contributed by atoms with E-state index in [2.05, 4.69) is 5.32 Å². The molecule has 0 spiro atoms. The Hall–Kier alpha value is -1.82. The summed E-state index contributed by atoms with van der Waals surface area (Å²) in [6.45, 7) is 1.41. The molecule has 6 heteroatoms. The fourth-order valence-corrected chi connectivity index (χ4v) is 1.81. The van der Waals surface area contributed by atoms with Gasteiger partial charge < -0.3 is 19.4 Å². The van der Waals surface area contributed by atoms with Crippen molar-refractivity contribution < 1.29 is 18.7 Å². The van der Waals surface area contributed by atoms with Gasteiger partial charge in [-0.25, -0.2) is 0 Å². The zero-order valence-corrected chi connectivity index (χ0v) is 9.51. The molecule has 1 aromatic rings. The minimum atomic E-state index is -0.417. The molecule has 1 amide bonds. The maximum Gasteiger partial charge on any atom is 0.244 e. The van der Waals surface area contributed by atoms with Crippen LogP contribution in [0.1, 0.15) is 10.6 Å². The van der Waals surface area contributed by atoms with Gasteiger partial charge >= 0.3 is 0 Å². The molecule has 0 bridgehead atoms. The Labute approximate surface area is 98.5 Å². The summed E-state index contributed by atoms with van der Waals surface area (Å²) >= 11 is 0. The molecule has 0 radical (unpaired) electrons. The second-order valence-corrected chi connectivity index (χ2v) is 3.69. The highest BCUT2D eigenvalue weighted by atomic mass is 16.5. The second kappa shape index (κ2) is 5.01. The number of hydrogen-bond acceptors (Lipinski definition) is 5. The van der Waals surface area contributed by atoms with Crippen molar-refractivity contribution in [1.29, 1.82) is 0 Å². The first-order valence-corrected chi connectivity index (χ1v) is 5.37. The lowest BCUT2D eigenvalue weighted by Crippen LogP contribution is -2.53. The molecule has 1 aliphatic rings. The number of nitrogens with zero attached hydrogens (tertiary/aromatic N) is 1. The fraction of sp³-hybridized carbons (Fsp3) is 0.455. The monoisotopic (exact) mass is 238 g/mol. The Morgan fingerprint density at radius 1 is 1.59 bits per heavy atom. The molecule has 0 aliphatic carbocycles. The predicted octanol–water partition coefficient (Wildman–Crippen LogP) is 0.0433. The van der Waals surface area contributed by atoms with Gasteiger partial charge in [0, 0.05) is 19.7 Å². The van der Waals surface area contributed by atoms with Gasteiger partial charge in [-0.2, -0.15) is 0 Å². The third-order valence-electron chi connectivity index (χ3n) is 2.69. The maximum absolute atomic E-state index is 11.7. The van der Waals surface area contributed by atoms with Gasteiger partial charge in [-0.05, 0) is 6.07 Å². The molecule has 1 atom stereocenters. The van der Waals surface area contributed by atoms with Crippen LogP contribution >= 0.6 is 0 Å². The van der Waals surface area contributed by atoms with E-state index >= 15 is 0 Å². The number of hydrogen-bond donors (Lipinski definition) is 1. The van der Waals surface area contributed by atoms with E-state index in [1.165, 1.54) is 0 Å². The molecule has 2 rings (SSSR count). The van der Waals surface area contributed by atoms with Crippen molar-refractivity contribution in [2.75, 3.05) is 31.7 Å². The number of morpholine rings is 1. The number of aldehydes is 1. The summed E-state index contributed by atoms with van der Waals surface area (Å²) in [7, 11) is 1.58. The first-order chi connectivity index (χ1) is 8.26. The van der Waals surface area contributed by atoms with Crippen LogP contribution in [0.3, 0.4) is 0 Å². The van der Waals surface area contributed by atoms with Gasteiger partial charge in [-0.1, -0.05) is 0 Å². The number of likely N-dealkylation sites (N-methyl/N-ethyl adjacent to an activating group) is 1. The molecule has 1 aromatic heterocycles. The minimum Gasteiger partial charge on any atom is -0.438 e. The number of carbonyl (C=O) groups is 2. The zero-order chi connectivity index (χ0) is 12.3. The molecular formula is C11H14N2O4. The summed E-state index contributed by atoms with van der Waals surface area (Å²) in [6, 6.07) is 2.85. The first-order valence-electron chi connectivity index (χ1n) is 5.37. The van der Waals surface area contributed by atoms with Crippen molar-refractivity contribution in [2.24, 2.45) is 0 Å². The number of nitrogens with one attached hydrogen (secondary N) is 1. The van der Waals surface area contributed by atoms with E-state index in [4.69, 9.17) is 9.15 Å². The van der Waals surface area contributed by atoms with E-state index in [1.54, 1.807) is 24.1 Å². The van der Waals surface area contributed by atoms with Crippen LogP contribution in [0.15, 0.2) is 16.5 Å². The summed E-state index contributed by atoms with van der Waals surface area (Å²) < 4.78 is 10.6. The van der Waals surface area contributed by atoms with E-state index in [-0.39, 0.29) is 11.7 Å². The molecule has 1 unspecified atom stereocenters. The van der Waals surface area contributed by atoms with E-state index in [0.29, 0.717) is 31.9 Å². The summed E-state index contributed by atoms with van der Waals surface area (Å²) in [5, 5.41) is 2.58. The van der Waals surface area contributed by atoms with Crippen molar-refractivity contribution in [3.63, 3.8) is 0 Å².